The van der Waals surface area contributed by atoms with Gasteiger partial charge in [0.2, 0.25) is 10.0 Å². The summed E-state index contributed by atoms with van der Waals surface area (Å²) in [6.45, 7) is -2.36. The summed E-state index contributed by atoms with van der Waals surface area (Å²) in [5.41, 5.74) is 0.480. The molecule has 1 saturated heterocycles. The van der Waals surface area contributed by atoms with Crippen LogP contribution >= 0.6 is 12.4 Å². The average molecular weight is 423 g/mol. The molecule has 1 atom stereocenters. The van der Waals surface area contributed by atoms with Crippen LogP contribution in [0.3, 0.4) is 0 Å². The maximum Gasteiger partial charge on any atom is 0.387 e. The van der Waals surface area contributed by atoms with Crippen molar-refractivity contribution in [2.45, 2.75) is 17.5 Å². The number of sulfonamides is 1. The molecule has 27 heavy (non-hydrogen) atoms. The summed E-state index contributed by atoms with van der Waals surface area (Å²) in [5.74, 6) is -0.897. The quantitative estimate of drug-likeness (QED) is 0.804. The van der Waals surface area contributed by atoms with Gasteiger partial charge in [0.05, 0.1) is 6.04 Å². The molecule has 0 saturated carbocycles. The molecule has 1 aliphatic rings. The van der Waals surface area contributed by atoms with Gasteiger partial charge in [-0.2, -0.15) is 13.1 Å². The van der Waals surface area contributed by atoms with Crippen LogP contribution in [0.5, 0.6) is 5.75 Å². The first-order chi connectivity index (χ1) is 12.4. The van der Waals surface area contributed by atoms with E-state index in [1.165, 1.54) is 46.8 Å². The molecule has 10 heteroatoms. The van der Waals surface area contributed by atoms with Crippen molar-refractivity contribution < 1.29 is 26.3 Å². The van der Waals surface area contributed by atoms with Crippen molar-refractivity contribution in [1.29, 1.82) is 0 Å². The average Bonchev–Trinajstić information content (AvgIpc) is 2.61. The van der Waals surface area contributed by atoms with Crippen molar-refractivity contribution in [2.75, 3.05) is 19.6 Å². The first kappa shape index (κ1) is 21.5. The zero-order valence-electron chi connectivity index (χ0n) is 14.0. The van der Waals surface area contributed by atoms with Gasteiger partial charge in [-0.1, -0.05) is 24.3 Å². The summed E-state index contributed by atoms with van der Waals surface area (Å²) in [4.78, 5) is -0.344. The second-order valence-corrected chi connectivity index (χ2v) is 7.57. The Labute approximate surface area is 161 Å². The van der Waals surface area contributed by atoms with Crippen LogP contribution in [0.15, 0.2) is 53.4 Å². The highest BCUT2D eigenvalue weighted by Gasteiger charge is 2.36. The molecule has 0 aliphatic carbocycles. The lowest BCUT2D eigenvalue weighted by atomic mass is 10.1. The van der Waals surface area contributed by atoms with Crippen molar-refractivity contribution in [3.8, 4) is 5.75 Å². The fourth-order valence-electron chi connectivity index (χ4n) is 2.95. The normalized spacial score (nSPS) is 18.1. The van der Waals surface area contributed by atoms with Crippen LogP contribution < -0.4 is 10.1 Å². The monoisotopic (exact) mass is 422 g/mol. The van der Waals surface area contributed by atoms with Crippen molar-refractivity contribution >= 4 is 22.4 Å². The van der Waals surface area contributed by atoms with E-state index in [2.05, 4.69) is 10.1 Å². The third kappa shape index (κ3) is 4.73. The van der Waals surface area contributed by atoms with E-state index in [9.17, 15) is 21.6 Å². The molecule has 3 rings (SSSR count). The summed E-state index contributed by atoms with van der Waals surface area (Å²) in [6.07, 6.45) is 0. The van der Waals surface area contributed by atoms with E-state index in [0.29, 0.717) is 12.1 Å². The summed E-state index contributed by atoms with van der Waals surface area (Å²) in [6, 6.07) is 10.2. The number of benzene rings is 2. The van der Waals surface area contributed by atoms with Gasteiger partial charge >= 0.3 is 6.61 Å². The molecule has 0 amide bonds. The first-order valence-electron chi connectivity index (χ1n) is 7.91. The third-order valence-corrected chi connectivity index (χ3v) is 6.03. The lowest BCUT2D eigenvalue weighted by Crippen LogP contribution is -2.48. The molecule has 0 spiro atoms. The SMILES string of the molecule is Cl.O=S(=O)(c1ccccc1OC(F)F)N1CCNCC1c1cccc(F)c1. The molecule has 1 fully saturated rings. The zero-order chi connectivity index (χ0) is 18.7. The number of para-hydroxylation sites is 1. The van der Waals surface area contributed by atoms with Crippen LogP contribution in [0.25, 0.3) is 0 Å². The third-order valence-electron chi connectivity index (χ3n) is 4.08. The Morgan fingerprint density at radius 2 is 1.89 bits per heavy atom. The lowest BCUT2D eigenvalue weighted by Gasteiger charge is -2.35. The molecule has 5 nitrogen and oxygen atoms in total. The maximum absolute atomic E-state index is 13.6. The van der Waals surface area contributed by atoms with Crippen LogP contribution in [0.2, 0.25) is 0 Å². The largest absolute Gasteiger partial charge is 0.433 e. The summed E-state index contributed by atoms with van der Waals surface area (Å²) in [5, 5.41) is 3.07. The minimum absolute atomic E-state index is 0. The van der Waals surface area contributed by atoms with E-state index in [-0.39, 0.29) is 30.4 Å². The van der Waals surface area contributed by atoms with E-state index in [1.54, 1.807) is 6.07 Å². The van der Waals surface area contributed by atoms with Crippen molar-refractivity contribution in [1.82, 2.24) is 9.62 Å². The van der Waals surface area contributed by atoms with Gasteiger partial charge in [-0.3, -0.25) is 0 Å². The molecule has 1 unspecified atom stereocenters. The number of rotatable bonds is 5. The van der Waals surface area contributed by atoms with Crippen LogP contribution in [0.1, 0.15) is 11.6 Å². The minimum atomic E-state index is -4.14. The molecule has 0 bridgehead atoms. The molecule has 1 heterocycles. The van der Waals surface area contributed by atoms with Crippen LogP contribution in [-0.2, 0) is 10.0 Å². The molecular formula is C17H18ClF3N2O3S. The Morgan fingerprint density at radius 3 is 2.59 bits per heavy atom. The highest BCUT2D eigenvalue weighted by atomic mass is 35.5. The van der Waals surface area contributed by atoms with Gasteiger partial charge in [0.25, 0.3) is 0 Å². The second-order valence-electron chi connectivity index (χ2n) is 5.72. The predicted molar refractivity (Wildman–Crippen MR) is 96.2 cm³/mol. The van der Waals surface area contributed by atoms with Gasteiger partial charge in [0, 0.05) is 19.6 Å². The number of halogens is 4. The van der Waals surface area contributed by atoms with Gasteiger partial charge in [0.15, 0.2) is 0 Å². The number of piperazine rings is 1. The Bertz CT molecular complexity index is 883. The fraction of sp³-hybridized carbons (Fsp3) is 0.294. The fourth-order valence-corrected chi connectivity index (χ4v) is 4.69. The minimum Gasteiger partial charge on any atom is -0.433 e. The molecule has 0 radical (unpaired) electrons. The van der Waals surface area contributed by atoms with Gasteiger partial charge in [-0.25, -0.2) is 12.8 Å². The Morgan fingerprint density at radius 1 is 1.15 bits per heavy atom. The van der Waals surface area contributed by atoms with Gasteiger partial charge < -0.3 is 10.1 Å². The summed E-state index contributed by atoms with van der Waals surface area (Å²) in [7, 11) is -4.14. The van der Waals surface area contributed by atoms with E-state index in [1.807, 2.05) is 0 Å². The number of ether oxygens (including phenoxy) is 1. The molecule has 2 aromatic rings. The lowest BCUT2D eigenvalue weighted by molar-refractivity contribution is -0.0518. The van der Waals surface area contributed by atoms with E-state index in [4.69, 9.17) is 0 Å². The molecule has 148 valence electrons. The van der Waals surface area contributed by atoms with Crippen molar-refractivity contribution in [3.05, 3.63) is 59.9 Å². The molecule has 1 aliphatic heterocycles. The predicted octanol–water partition coefficient (Wildman–Crippen LogP) is 3.18. The molecule has 1 N–H and O–H groups in total. The number of hydrogen-bond donors (Lipinski definition) is 1. The number of nitrogens with one attached hydrogen (secondary N) is 1. The van der Waals surface area contributed by atoms with Crippen LogP contribution in [0.4, 0.5) is 13.2 Å². The number of hydrogen-bond acceptors (Lipinski definition) is 4. The van der Waals surface area contributed by atoms with Gasteiger partial charge in [0.1, 0.15) is 16.5 Å². The van der Waals surface area contributed by atoms with Crippen molar-refractivity contribution in [2.24, 2.45) is 0 Å². The van der Waals surface area contributed by atoms with E-state index < -0.39 is 34.2 Å². The summed E-state index contributed by atoms with van der Waals surface area (Å²) >= 11 is 0. The highest BCUT2D eigenvalue weighted by Crippen LogP contribution is 2.33. The molecule has 0 aromatic heterocycles. The second kappa shape index (κ2) is 8.92. The van der Waals surface area contributed by atoms with Gasteiger partial charge in [-0.05, 0) is 29.8 Å². The number of alkyl halides is 2. The topological polar surface area (TPSA) is 58.6 Å². The van der Waals surface area contributed by atoms with E-state index >= 15 is 0 Å². The summed E-state index contributed by atoms with van der Waals surface area (Å²) < 4.78 is 70.7. The Kier molecular flexibility index (Phi) is 7.10. The maximum atomic E-state index is 13.6. The van der Waals surface area contributed by atoms with Crippen LogP contribution in [-0.4, -0.2) is 39.0 Å². The van der Waals surface area contributed by atoms with Gasteiger partial charge in [-0.15, -0.1) is 12.4 Å². The Balaban J connectivity index is 0.00000261. The smallest absolute Gasteiger partial charge is 0.387 e. The Hall–Kier alpha value is -1.81. The van der Waals surface area contributed by atoms with Crippen molar-refractivity contribution in [3.63, 3.8) is 0 Å². The standard InChI is InChI=1S/C17H17F3N2O3S.ClH/c18-13-5-3-4-12(10-13)14-11-21-8-9-22(14)26(23,24)16-7-2-1-6-15(16)25-17(19)20;/h1-7,10,14,17,21H,8-9,11H2;1H. The zero-order valence-corrected chi connectivity index (χ0v) is 15.7. The molecule has 2 aromatic carbocycles. The van der Waals surface area contributed by atoms with E-state index in [0.717, 1.165) is 0 Å². The number of nitrogens with zero attached hydrogens (tertiary/aromatic N) is 1. The first-order valence-corrected chi connectivity index (χ1v) is 9.35. The van der Waals surface area contributed by atoms with Crippen LogP contribution in [0, 0.1) is 5.82 Å². The molecular weight excluding hydrogens is 405 g/mol. The highest BCUT2D eigenvalue weighted by molar-refractivity contribution is 7.89.